The molecule has 0 unspecified atom stereocenters. The van der Waals surface area contributed by atoms with Gasteiger partial charge in [0, 0.05) is 32.8 Å². The summed E-state index contributed by atoms with van der Waals surface area (Å²) < 4.78 is 4.93. The molecule has 3 rings (SSSR count). The number of aryl methyl sites for hydroxylation is 1. The van der Waals surface area contributed by atoms with Crippen LogP contribution in [-0.2, 0) is 22.5 Å². The average Bonchev–Trinajstić information content (AvgIpc) is 2.83. The molecular weight excluding hydrogens is 418 g/mol. The Morgan fingerprint density at radius 2 is 2.21 bits per heavy atom. The van der Waals surface area contributed by atoms with Crippen LogP contribution in [0.1, 0.15) is 16.8 Å². The number of aromatic nitrogens is 2. The fourth-order valence-corrected chi connectivity index (χ4v) is 3.19. The molecule has 0 atom stereocenters. The van der Waals surface area contributed by atoms with Gasteiger partial charge in [0.1, 0.15) is 5.82 Å². The molecule has 1 aliphatic heterocycles. The first-order chi connectivity index (χ1) is 15.9. The number of ether oxygens (including phenoxy) is 1. The Morgan fingerprint density at radius 3 is 2.88 bits per heavy atom. The molecule has 2 heterocycles. The third-order valence-electron chi connectivity index (χ3n) is 5.21. The number of carbonyl (C=O) groups excluding carboxylic acids is 1. The minimum Gasteiger partial charge on any atom is -0.383 e. The first-order valence-electron chi connectivity index (χ1n) is 10.6. The van der Waals surface area contributed by atoms with Gasteiger partial charge >= 0.3 is 0 Å². The van der Waals surface area contributed by atoms with E-state index in [1.807, 2.05) is 18.9 Å². The second-order valence-corrected chi connectivity index (χ2v) is 7.48. The fraction of sp³-hybridized carbons (Fsp3) is 0.333. The number of methoxy groups -OCH3 is 1. The van der Waals surface area contributed by atoms with Crippen LogP contribution in [0.3, 0.4) is 0 Å². The van der Waals surface area contributed by atoms with Crippen LogP contribution in [0.4, 0.5) is 5.82 Å². The lowest BCUT2D eigenvalue weighted by molar-refractivity contribution is -0.108. The zero-order valence-corrected chi connectivity index (χ0v) is 19.6. The summed E-state index contributed by atoms with van der Waals surface area (Å²) in [6.07, 6.45) is 4.84. The van der Waals surface area contributed by atoms with Gasteiger partial charge in [-0.2, -0.15) is 0 Å². The number of aliphatic imine (C=N–C) groups is 1. The van der Waals surface area contributed by atoms with Crippen LogP contribution in [0.15, 0.2) is 53.6 Å². The number of likely N-dealkylation sites (N-methyl/N-ethyl adjacent to an activating group) is 1. The number of amides is 1. The molecule has 0 saturated heterocycles. The number of nitrogen functional groups attached to an aromatic ring is 1. The zero-order chi connectivity index (χ0) is 24.2. The molecule has 1 aliphatic rings. The van der Waals surface area contributed by atoms with E-state index in [4.69, 9.17) is 10.5 Å². The highest BCUT2D eigenvalue weighted by atomic mass is 16.5. The largest absolute Gasteiger partial charge is 0.383 e. The molecule has 0 bridgehead atoms. The van der Waals surface area contributed by atoms with Crippen molar-refractivity contribution >= 4 is 18.9 Å². The predicted octanol–water partition coefficient (Wildman–Crippen LogP) is 2.05. The van der Waals surface area contributed by atoms with E-state index >= 15 is 0 Å². The Morgan fingerprint density at radius 1 is 1.42 bits per heavy atom. The van der Waals surface area contributed by atoms with E-state index in [1.54, 1.807) is 13.3 Å². The normalized spacial score (nSPS) is 12.6. The summed E-state index contributed by atoms with van der Waals surface area (Å²) >= 11 is 0. The van der Waals surface area contributed by atoms with Gasteiger partial charge in [0.15, 0.2) is 0 Å². The van der Waals surface area contributed by atoms with Gasteiger partial charge in [-0.25, -0.2) is 9.97 Å². The van der Waals surface area contributed by atoms with E-state index in [0.29, 0.717) is 36.8 Å². The Labute approximate surface area is 195 Å². The van der Waals surface area contributed by atoms with Gasteiger partial charge in [-0.05, 0) is 43.8 Å². The minimum atomic E-state index is 0.501. The number of nitrogens with one attached hydrogen (secondary N) is 2. The van der Waals surface area contributed by atoms with Gasteiger partial charge in [0.2, 0.25) is 6.41 Å². The van der Waals surface area contributed by atoms with Gasteiger partial charge in [-0.1, -0.05) is 18.7 Å². The van der Waals surface area contributed by atoms with Crippen molar-refractivity contribution in [1.29, 1.82) is 0 Å². The van der Waals surface area contributed by atoms with Crippen LogP contribution in [-0.4, -0.2) is 61.8 Å². The number of rotatable bonds is 9. The van der Waals surface area contributed by atoms with Crippen molar-refractivity contribution in [3.8, 4) is 11.3 Å². The quantitative estimate of drug-likeness (QED) is 0.303. The average molecular weight is 452 g/mol. The molecule has 176 valence electrons. The van der Waals surface area contributed by atoms with Crippen LogP contribution in [0, 0.1) is 6.92 Å². The van der Waals surface area contributed by atoms with Crippen molar-refractivity contribution in [2.24, 2.45) is 4.99 Å². The second-order valence-electron chi connectivity index (χ2n) is 7.48. The Balaban J connectivity index is 0.000000239. The summed E-state index contributed by atoms with van der Waals surface area (Å²) in [6, 6.07) is 6.49. The number of carbonyl (C=O) groups is 1. The highest BCUT2D eigenvalue weighted by Crippen LogP contribution is 2.23. The number of benzene rings is 1. The van der Waals surface area contributed by atoms with E-state index in [-0.39, 0.29) is 0 Å². The topological polar surface area (TPSA) is 118 Å². The number of fused-ring (bicyclic) bond motifs is 1. The lowest BCUT2D eigenvalue weighted by atomic mass is 9.97. The van der Waals surface area contributed by atoms with Crippen LogP contribution < -0.4 is 16.4 Å². The van der Waals surface area contributed by atoms with E-state index < -0.39 is 0 Å². The molecule has 9 heteroatoms. The smallest absolute Gasteiger partial charge is 0.211 e. The summed E-state index contributed by atoms with van der Waals surface area (Å²) in [7, 11) is 3.48. The first-order valence-corrected chi connectivity index (χ1v) is 10.6. The van der Waals surface area contributed by atoms with Gasteiger partial charge in [0.25, 0.3) is 0 Å². The van der Waals surface area contributed by atoms with Gasteiger partial charge in [0.05, 0.1) is 41.8 Å². The van der Waals surface area contributed by atoms with Crippen LogP contribution in [0.2, 0.25) is 0 Å². The Hall–Kier alpha value is -3.56. The van der Waals surface area contributed by atoms with E-state index in [1.165, 1.54) is 17.3 Å². The summed E-state index contributed by atoms with van der Waals surface area (Å²) in [4.78, 5) is 24.4. The third-order valence-corrected chi connectivity index (χ3v) is 5.21. The summed E-state index contributed by atoms with van der Waals surface area (Å²) in [6.45, 7) is 12.3. The SMILES string of the molecule is C=N/C=C(/NC=O)C(=C)N(C)CCOC.Cc1nc(-c2ccc3c(c2)CCNC3)cnc1N. The van der Waals surface area contributed by atoms with Crippen LogP contribution in [0.5, 0.6) is 0 Å². The number of hydrogen-bond donors (Lipinski definition) is 3. The fourth-order valence-electron chi connectivity index (χ4n) is 3.19. The highest BCUT2D eigenvalue weighted by Gasteiger charge is 2.11. The van der Waals surface area contributed by atoms with E-state index in [2.05, 4.69) is 57.1 Å². The van der Waals surface area contributed by atoms with Gasteiger partial charge in [-0.3, -0.25) is 9.79 Å². The van der Waals surface area contributed by atoms with Crippen molar-refractivity contribution in [3.05, 3.63) is 65.4 Å². The molecule has 0 fully saturated rings. The molecular formula is C24H33N7O2. The summed E-state index contributed by atoms with van der Waals surface area (Å²) in [5, 5.41) is 5.88. The van der Waals surface area contributed by atoms with Crippen molar-refractivity contribution in [3.63, 3.8) is 0 Å². The zero-order valence-electron chi connectivity index (χ0n) is 19.6. The molecule has 0 radical (unpaired) electrons. The second kappa shape index (κ2) is 13.1. The number of nitrogens with zero attached hydrogens (tertiary/aromatic N) is 4. The van der Waals surface area contributed by atoms with Crippen molar-refractivity contribution in [1.82, 2.24) is 25.5 Å². The van der Waals surface area contributed by atoms with Crippen LogP contribution in [0.25, 0.3) is 11.3 Å². The predicted molar refractivity (Wildman–Crippen MR) is 133 cm³/mol. The molecule has 33 heavy (non-hydrogen) atoms. The monoisotopic (exact) mass is 451 g/mol. The summed E-state index contributed by atoms with van der Waals surface area (Å²) in [5.41, 5.74) is 12.5. The maximum atomic E-state index is 10.3. The van der Waals surface area contributed by atoms with E-state index in [0.717, 1.165) is 36.5 Å². The molecule has 1 aromatic heterocycles. The minimum absolute atomic E-state index is 0.501. The maximum Gasteiger partial charge on any atom is 0.211 e. The van der Waals surface area contributed by atoms with Crippen molar-refractivity contribution in [2.75, 3.05) is 39.6 Å². The van der Waals surface area contributed by atoms with Gasteiger partial charge < -0.3 is 26.0 Å². The molecule has 1 aromatic carbocycles. The molecule has 0 aliphatic carbocycles. The lowest BCUT2D eigenvalue weighted by Crippen LogP contribution is -2.27. The molecule has 0 spiro atoms. The highest BCUT2D eigenvalue weighted by molar-refractivity contribution is 5.61. The molecule has 2 aromatic rings. The third kappa shape index (κ3) is 7.51. The first kappa shape index (κ1) is 25.7. The van der Waals surface area contributed by atoms with Crippen molar-refractivity contribution in [2.45, 2.75) is 19.9 Å². The van der Waals surface area contributed by atoms with Crippen LogP contribution >= 0.6 is 0 Å². The molecule has 4 N–H and O–H groups in total. The molecule has 1 amide bonds. The number of anilines is 1. The lowest BCUT2D eigenvalue weighted by Gasteiger charge is -2.22. The number of hydrogen-bond acceptors (Lipinski definition) is 8. The molecule has 0 saturated carbocycles. The van der Waals surface area contributed by atoms with E-state index in [9.17, 15) is 4.79 Å². The Bertz CT molecular complexity index is 1000. The maximum absolute atomic E-state index is 10.3. The van der Waals surface area contributed by atoms with Crippen molar-refractivity contribution < 1.29 is 9.53 Å². The number of nitrogens with two attached hydrogens (primary N) is 1. The van der Waals surface area contributed by atoms with Gasteiger partial charge in [-0.15, -0.1) is 0 Å². The molecule has 9 nitrogen and oxygen atoms in total. The standard InChI is InChI=1S/C14H16N4.C10H17N3O2/c1-9-14(15)17-8-13(18-9)11-2-3-12-7-16-5-4-10(12)6-11;1-9(13(3)5-6-15-4)10(7-11-2)12-8-14/h2-3,6,8,16H,4-5,7H2,1H3,(H2,15,17);7-8H,1-2,5-6H2,3-4H3,(H,12,14)/b;10-7+. The Kier molecular flexibility index (Phi) is 10.2. The summed E-state index contributed by atoms with van der Waals surface area (Å²) in [5.74, 6) is 0.501.